The number of carbonyl (C=O) groups is 2. The van der Waals surface area contributed by atoms with Gasteiger partial charge in [0.1, 0.15) is 0 Å². The molecule has 7 nitrogen and oxygen atoms in total. The molecule has 1 aromatic rings. The lowest BCUT2D eigenvalue weighted by molar-refractivity contribution is -0.234. The van der Waals surface area contributed by atoms with Crippen molar-refractivity contribution < 1.29 is 37.4 Å². The van der Waals surface area contributed by atoms with Crippen molar-refractivity contribution in [3.05, 3.63) is 35.4 Å². The van der Waals surface area contributed by atoms with Gasteiger partial charge in [-0.25, -0.2) is 4.79 Å². The van der Waals surface area contributed by atoms with Crippen LogP contribution in [0.4, 0.5) is 18.9 Å². The smallest absolute Gasteiger partial charge is 0.438 e. The highest BCUT2D eigenvalue weighted by atomic mass is 19.4. The molecule has 1 amide bonds. The molecule has 24 heavy (non-hydrogen) atoms. The summed E-state index contributed by atoms with van der Waals surface area (Å²) in [6, 6.07) is 5.61. The van der Waals surface area contributed by atoms with Gasteiger partial charge in [-0.05, 0) is 26.0 Å². The third-order valence-electron chi connectivity index (χ3n) is 2.96. The highest BCUT2D eigenvalue weighted by molar-refractivity contribution is 6.43. The number of hydrogen-bond acceptors (Lipinski definition) is 4. The van der Waals surface area contributed by atoms with Gasteiger partial charge in [0.25, 0.3) is 5.91 Å². The van der Waals surface area contributed by atoms with Crippen molar-refractivity contribution in [3.8, 4) is 0 Å². The number of nitrogens with zero attached hydrogens (tertiary/aromatic N) is 2. The molecule has 0 heterocycles. The molecule has 1 aromatic carbocycles. The van der Waals surface area contributed by atoms with Gasteiger partial charge in [-0.3, -0.25) is 4.79 Å². The van der Waals surface area contributed by atoms with Crippen molar-refractivity contribution in [2.24, 2.45) is 0 Å². The summed E-state index contributed by atoms with van der Waals surface area (Å²) in [6.07, 6.45) is -5.64. The molecule has 0 aliphatic carbocycles. The molecule has 0 aromatic heterocycles. The monoisotopic (exact) mass is 345 g/mol. The average molecular weight is 345 g/mol. The van der Waals surface area contributed by atoms with Crippen molar-refractivity contribution in [1.29, 1.82) is 0 Å². The van der Waals surface area contributed by atoms with E-state index >= 15 is 0 Å². The number of rotatable bonds is 5. The van der Waals surface area contributed by atoms with E-state index in [4.69, 9.17) is 5.53 Å². The fraction of sp³-hybridized carbons (Fsp3) is 0.357. The minimum atomic E-state index is -5.64. The van der Waals surface area contributed by atoms with Crippen LogP contribution in [0.3, 0.4) is 0 Å². The minimum absolute atomic E-state index is 0.0607. The molecule has 0 radical (unpaired) electrons. The fourth-order valence-electron chi connectivity index (χ4n) is 1.69. The molecule has 1 rings (SSSR count). The van der Waals surface area contributed by atoms with Crippen molar-refractivity contribution in [2.75, 3.05) is 11.9 Å². The zero-order chi connectivity index (χ0) is 18.5. The second-order valence-corrected chi connectivity index (χ2v) is 4.70. The lowest BCUT2D eigenvalue weighted by atomic mass is 9.95. The summed E-state index contributed by atoms with van der Waals surface area (Å²) in [5, 5.41) is 11.7. The Bertz CT molecular complexity index is 682. The number of hydrogen-bond donors (Lipinski definition) is 2. The maximum absolute atomic E-state index is 13.2. The van der Waals surface area contributed by atoms with Crippen molar-refractivity contribution in [3.63, 3.8) is 0 Å². The highest BCUT2D eigenvalue weighted by Gasteiger charge is 2.71. The lowest BCUT2D eigenvalue weighted by Crippen LogP contribution is -2.63. The second kappa shape index (κ2) is 7.24. The van der Waals surface area contributed by atoms with Gasteiger partial charge in [-0.2, -0.15) is 18.0 Å². The molecule has 0 saturated carbocycles. The first-order valence-corrected chi connectivity index (χ1v) is 6.64. The first-order valence-electron chi connectivity index (χ1n) is 6.64. The number of ether oxygens (including phenoxy) is 1. The first kappa shape index (κ1) is 19.3. The Morgan fingerprint density at radius 1 is 1.29 bits per heavy atom. The Morgan fingerprint density at radius 2 is 1.83 bits per heavy atom. The number of amides is 1. The maximum atomic E-state index is 13.2. The maximum Gasteiger partial charge on any atom is 0.438 e. The van der Waals surface area contributed by atoms with E-state index in [-0.39, 0.29) is 12.3 Å². The molecule has 0 aliphatic heterocycles. The van der Waals surface area contributed by atoms with Gasteiger partial charge in [0.05, 0.1) is 6.61 Å². The van der Waals surface area contributed by atoms with Crippen LogP contribution in [0.15, 0.2) is 24.3 Å². The number of halogens is 3. The van der Waals surface area contributed by atoms with Crippen LogP contribution in [0.1, 0.15) is 12.5 Å². The van der Waals surface area contributed by atoms with E-state index in [1.807, 2.05) is 5.32 Å². The van der Waals surface area contributed by atoms with Crippen LogP contribution in [0, 0.1) is 6.92 Å². The van der Waals surface area contributed by atoms with E-state index < -0.39 is 29.4 Å². The van der Waals surface area contributed by atoms with Gasteiger partial charge < -0.3 is 20.7 Å². The Labute approximate surface area is 134 Å². The predicted molar refractivity (Wildman–Crippen MR) is 76.1 cm³/mol. The summed E-state index contributed by atoms with van der Waals surface area (Å²) in [7, 11) is 0. The molecule has 1 atom stereocenters. The van der Waals surface area contributed by atoms with E-state index in [0.29, 0.717) is 0 Å². The summed E-state index contributed by atoms with van der Waals surface area (Å²) in [4.78, 5) is 25.6. The molecular weight excluding hydrogens is 331 g/mol. The second-order valence-electron chi connectivity index (χ2n) is 4.70. The largest absolute Gasteiger partial charge is 0.457 e. The number of anilines is 1. The average Bonchev–Trinajstić information content (AvgIpc) is 2.49. The number of aryl methyl sites for hydroxylation is 1. The molecule has 10 heteroatoms. The lowest BCUT2D eigenvalue weighted by Gasteiger charge is -2.24. The fourth-order valence-corrected chi connectivity index (χ4v) is 1.69. The first-order chi connectivity index (χ1) is 11.1. The topological polar surface area (TPSA) is 112 Å². The molecule has 2 N–H and O–H groups in total. The summed E-state index contributed by atoms with van der Waals surface area (Å²) < 4.78 is 44.0. The minimum Gasteiger partial charge on any atom is -0.457 e. The van der Waals surface area contributed by atoms with Crippen LogP contribution >= 0.6 is 0 Å². The molecule has 0 saturated heterocycles. The molecule has 130 valence electrons. The van der Waals surface area contributed by atoms with Gasteiger partial charge in [0.15, 0.2) is 0 Å². The standard InChI is InChI=1S/C14H14F3N3O4/c1-3-24-11(21)10(20-18)13(23,14(15,16)17)12(22)19-9-6-4-8(2)5-7-9/h4-7,23H,3H2,1-2H3,(H,19,22). The normalized spacial score (nSPS) is 13.4. The molecular formula is C14H14F3N3O4. The van der Waals surface area contributed by atoms with Crippen molar-refractivity contribution >= 4 is 23.3 Å². The van der Waals surface area contributed by atoms with Crippen LogP contribution in [-0.2, 0) is 14.3 Å². The number of esters is 1. The van der Waals surface area contributed by atoms with E-state index in [2.05, 4.69) is 9.53 Å². The number of aliphatic hydroxyl groups is 1. The highest BCUT2D eigenvalue weighted by Crippen LogP contribution is 2.33. The molecule has 1 unspecified atom stereocenters. The van der Waals surface area contributed by atoms with Gasteiger partial charge in [0.2, 0.25) is 0 Å². The third kappa shape index (κ3) is 3.79. The Hall–Kier alpha value is -2.71. The van der Waals surface area contributed by atoms with Crippen LogP contribution in [0.2, 0.25) is 0 Å². The number of carbonyl (C=O) groups excluding carboxylic acids is 2. The Balaban J connectivity index is 3.29. The van der Waals surface area contributed by atoms with E-state index in [1.165, 1.54) is 31.2 Å². The van der Waals surface area contributed by atoms with Crippen LogP contribution < -0.4 is 5.32 Å². The van der Waals surface area contributed by atoms with E-state index in [9.17, 15) is 27.9 Å². The van der Waals surface area contributed by atoms with Crippen molar-refractivity contribution in [2.45, 2.75) is 25.6 Å². The Morgan fingerprint density at radius 3 is 2.25 bits per heavy atom. The molecule has 0 spiro atoms. The van der Waals surface area contributed by atoms with Gasteiger partial charge in [0, 0.05) is 5.69 Å². The number of nitrogens with one attached hydrogen (secondary N) is 1. The van der Waals surface area contributed by atoms with Gasteiger partial charge in [-0.1, -0.05) is 17.7 Å². The molecule has 0 bridgehead atoms. The third-order valence-corrected chi connectivity index (χ3v) is 2.96. The number of benzene rings is 1. The van der Waals surface area contributed by atoms with Gasteiger partial charge >= 0.3 is 23.5 Å². The summed E-state index contributed by atoms with van der Waals surface area (Å²) in [5.41, 5.74) is 3.16. The SMILES string of the molecule is CCOC(=O)C(=[N+]=[N-])C(O)(C(=O)Nc1ccc(C)cc1)C(F)(F)F. The summed E-state index contributed by atoms with van der Waals surface area (Å²) in [6.45, 7) is 2.65. The van der Waals surface area contributed by atoms with E-state index in [1.54, 1.807) is 6.92 Å². The number of alkyl halides is 3. The van der Waals surface area contributed by atoms with Gasteiger partial charge in [-0.15, -0.1) is 0 Å². The molecule has 0 fully saturated rings. The summed E-state index contributed by atoms with van der Waals surface area (Å²) >= 11 is 0. The zero-order valence-corrected chi connectivity index (χ0v) is 12.7. The van der Waals surface area contributed by atoms with Crippen LogP contribution in [0.25, 0.3) is 5.53 Å². The van der Waals surface area contributed by atoms with E-state index in [0.717, 1.165) is 5.56 Å². The Kier molecular flexibility index (Phi) is 5.83. The quantitative estimate of drug-likeness (QED) is 0.364. The van der Waals surface area contributed by atoms with Crippen molar-refractivity contribution in [1.82, 2.24) is 0 Å². The predicted octanol–water partition coefficient (Wildman–Crippen LogP) is 1.46. The van der Waals surface area contributed by atoms with Crippen LogP contribution in [0.5, 0.6) is 0 Å². The summed E-state index contributed by atoms with van der Waals surface area (Å²) in [5.74, 6) is -3.79. The van der Waals surface area contributed by atoms with Crippen LogP contribution in [-0.4, -0.2) is 45.9 Å². The molecule has 0 aliphatic rings. The zero-order valence-electron chi connectivity index (χ0n) is 12.7.